The fourth-order valence-electron chi connectivity index (χ4n) is 3.86. The van der Waals surface area contributed by atoms with Crippen molar-refractivity contribution in [2.24, 2.45) is 0 Å². The van der Waals surface area contributed by atoms with Gasteiger partial charge in [0.1, 0.15) is 5.69 Å². The fraction of sp³-hybridized carbons (Fsp3) is 0. The molecule has 3 aromatic heterocycles. The Morgan fingerprint density at radius 1 is 0.861 bits per heavy atom. The molecule has 0 saturated carbocycles. The number of non-ortho nitro benzene ring substituents is 1. The zero-order chi connectivity index (χ0) is 24.6. The van der Waals surface area contributed by atoms with Crippen molar-refractivity contribution in [1.29, 1.82) is 0 Å². The maximum absolute atomic E-state index is 13.2. The van der Waals surface area contributed by atoms with Gasteiger partial charge in [0.15, 0.2) is 5.82 Å². The number of nitro benzene ring substituents is 1. The number of nitro groups is 1. The second kappa shape index (κ2) is 8.67. The van der Waals surface area contributed by atoms with E-state index in [2.05, 4.69) is 10.1 Å². The summed E-state index contributed by atoms with van der Waals surface area (Å²) in [6.07, 6.45) is 3.59. The second-order valence-corrected chi connectivity index (χ2v) is 8.94. The summed E-state index contributed by atoms with van der Waals surface area (Å²) in [7, 11) is 0. The fourth-order valence-corrected chi connectivity index (χ4v) is 4.75. The van der Waals surface area contributed by atoms with Gasteiger partial charge in [-0.3, -0.25) is 14.9 Å². The van der Waals surface area contributed by atoms with Crippen LogP contribution in [0.4, 0.5) is 5.69 Å². The summed E-state index contributed by atoms with van der Waals surface area (Å²) in [5.74, 6) is 0.494. The van der Waals surface area contributed by atoms with Gasteiger partial charge in [-0.05, 0) is 30.3 Å². The first-order valence-electron chi connectivity index (χ1n) is 10.9. The lowest BCUT2D eigenvalue weighted by atomic mass is 10.1. The Balaban J connectivity index is 1.48. The second-order valence-electron chi connectivity index (χ2n) is 7.93. The van der Waals surface area contributed by atoms with Gasteiger partial charge in [0.05, 0.1) is 15.1 Å². The Labute approximate surface area is 207 Å². The van der Waals surface area contributed by atoms with Gasteiger partial charge in [-0.1, -0.05) is 59.9 Å². The van der Waals surface area contributed by atoms with E-state index in [4.69, 9.17) is 5.10 Å². The minimum atomic E-state index is -0.443. The van der Waals surface area contributed by atoms with Crippen LogP contribution in [0.15, 0.2) is 95.9 Å². The SMILES string of the molecule is O=c1c(=Cc2cn(-c3ccccc3)nc2-c2ccc([N+](=O)[O-])cc2)sc2nc(-c3ccccc3)nn12. The highest BCUT2D eigenvalue weighted by Crippen LogP contribution is 2.26. The molecule has 3 heterocycles. The Morgan fingerprint density at radius 3 is 2.22 bits per heavy atom. The van der Waals surface area contributed by atoms with E-state index in [9.17, 15) is 14.9 Å². The molecule has 9 nitrogen and oxygen atoms in total. The van der Waals surface area contributed by atoms with Gasteiger partial charge in [0, 0.05) is 35.0 Å². The number of para-hydroxylation sites is 1. The van der Waals surface area contributed by atoms with Gasteiger partial charge < -0.3 is 0 Å². The Kier molecular flexibility index (Phi) is 5.20. The molecule has 0 radical (unpaired) electrons. The van der Waals surface area contributed by atoms with Gasteiger partial charge in [-0.2, -0.15) is 14.6 Å². The molecule has 36 heavy (non-hydrogen) atoms. The van der Waals surface area contributed by atoms with Gasteiger partial charge in [0.25, 0.3) is 11.2 Å². The third-order valence-electron chi connectivity index (χ3n) is 5.62. The summed E-state index contributed by atoms with van der Waals surface area (Å²) in [6.45, 7) is 0. The minimum Gasteiger partial charge on any atom is -0.266 e. The zero-order valence-corrected chi connectivity index (χ0v) is 19.4. The van der Waals surface area contributed by atoms with Crippen molar-refractivity contribution in [3.63, 3.8) is 0 Å². The van der Waals surface area contributed by atoms with Crippen molar-refractivity contribution >= 4 is 28.1 Å². The average Bonchev–Trinajstić information content (AvgIpc) is 3.60. The summed E-state index contributed by atoms with van der Waals surface area (Å²) in [4.78, 5) is 28.8. The van der Waals surface area contributed by atoms with E-state index in [0.717, 1.165) is 11.3 Å². The first kappa shape index (κ1) is 21.6. The lowest BCUT2D eigenvalue weighted by molar-refractivity contribution is -0.384. The molecular weight excluding hydrogens is 476 g/mol. The third-order valence-corrected chi connectivity index (χ3v) is 6.57. The van der Waals surface area contributed by atoms with E-state index in [1.54, 1.807) is 22.9 Å². The third kappa shape index (κ3) is 3.85. The predicted molar refractivity (Wildman–Crippen MR) is 137 cm³/mol. The smallest absolute Gasteiger partial charge is 0.266 e. The van der Waals surface area contributed by atoms with Crippen LogP contribution in [0.5, 0.6) is 0 Å². The van der Waals surface area contributed by atoms with Crippen LogP contribution in [-0.2, 0) is 0 Å². The number of fused-ring (bicyclic) bond motifs is 1. The van der Waals surface area contributed by atoms with E-state index in [1.807, 2.05) is 66.9 Å². The van der Waals surface area contributed by atoms with Crippen molar-refractivity contribution < 1.29 is 4.92 Å². The molecule has 0 amide bonds. The van der Waals surface area contributed by atoms with E-state index in [0.29, 0.717) is 32.1 Å². The van der Waals surface area contributed by atoms with E-state index >= 15 is 0 Å². The van der Waals surface area contributed by atoms with E-state index < -0.39 is 4.92 Å². The van der Waals surface area contributed by atoms with Crippen LogP contribution in [0.1, 0.15) is 5.56 Å². The van der Waals surface area contributed by atoms with Crippen LogP contribution < -0.4 is 10.1 Å². The highest BCUT2D eigenvalue weighted by molar-refractivity contribution is 7.15. The molecule has 0 spiro atoms. The molecule has 0 bridgehead atoms. The van der Waals surface area contributed by atoms with Crippen molar-refractivity contribution in [3.8, 4) is 28.3 Å². The molecule has 0 fully saturated rings. The lowest BCUT2D eigenvalue weighted by Crippen LogP contribution is -2.23. The number of hydrogen-bond donors (Lipinski definition) is 0. The van der Waals surface area contributed by atoms with Crippen LogP contribution in [0.2, 0.25) is 0 Å². The van der Waals surface area contributed by atoms with Gasteiger partial charge in [-0.25, -0.2) is 4.68 Å². The summed E-state index contributed by atoms with van der Waals surface area (Å²) >= 11 is 1.24. The monoisotopic (exact) mass is 492 g/mol. The number of hydrogen-bond acceptors (Lipinski definition) is 7. The summed E-state index contributed by atoms with van der Waals surface area (Å²) in [5, 5.41) is 20.2. The van der Waals surface area contributed by atoms with Crippen LogP contribution >= 0.6 is 11.3 Å². The Bertz CT molecular complexity index is 1820. The average molecular weight is 493 g/mol. The molecule has 0 aliphatic heterocycles. The first-order chi connectivity index (χ1) is 17.6. The molecule has 10 heteroatoms. The number of aromatic nitrogens is 5. The summed E-state index contributed by atoms with van der Waals surface area (Å²) in [6, 6.07) is 25.2. The molecule has 174 valence electrons. The first-order valence-corrected chi connectivity index (χ1v) is 11.7. The molecule has 6 rings (SSSR count). The molecule has 0 atom stereocenters. The largest absolute Gasteiger partial charge is 0.291 e. The van der Waals surface area contributed by atoms with Crippen LogP contribution in [0.25, 0.3) is 39.4 Å². The summed E-state index contributed by atoms with van der Waals surface area (Å²) in [5.41, 5.74) is 3.38. The van der Waals surface area contributed by atoms with Crippen molar-refractivity contribution in [1.82, 2.24) is 24.4 Å². The van der Waals surface area contributed by atoms with E-state index in [1.165, 1.54) is 28.0 Å². The van der Waals surface area contributed by atoms with E-state index in [-0.39, 0.29) is 11.2 Å². The highest BCUT2D eigenvalue weighted by atomic mass is 32.1. The Morgan fingerprint density at radius 2 is 1.56 bits per heavy atom. The van der Waals surface area contributed by atoms with Gasteiger partial charge in [0.2, 0.25) is 4.96 Å². The van der Waals surface area contributed by atoms with Crippen molar-refractivity contribution in [2.75, 3.05) is 0 Å². The maximum Gasteiger partial charge on any atom is 0.291 e. The standard InChI is InChI=1S/C26H16N6O3S/c33-25-22(36-26-27-24(29-31(25)26)18-7-3-1-4-8-18)15-19-16-30(20-9-5-2-6-10-20)28-23(19)17-11-13-21(14-12-17)32(34)35/h1-16H. The van der Waals surface area contributed by atoms with Gasteiger partial charge >= 0.3 is 0 Å². The molecule has 0 aliphatic carbocycles. The molecule has 0 aliphatic rings. The Hall–Kier alpha value is -4.96. The topological polar surface area (TPSA) is 108 Å². The quantitative estimate of drug-likeness (QED) is 0.265. The van der Waals surface area contributed by atoms with Crippen LogP contribution in [0.3, 0.4) is 0 Å². The minimum absolute atomic E-state index is 0.00612. The molecular formula is C26H16N6O3S. The maximum atomic E-state index is 13.2. The molecule has 0 unspecified atom stereocenters. The number of rotatable bonds is 5. The normalized spacial score (nSPS) is 11.8. The predicted octanol–water partition coefficient (Wildman–Crippen LogP) is 4.13. The number of thiazole rings is 1. The van der Waals surface area contributed by atoms with Gasteiger partial charge in [-0.15, -0.1) is 5.10 Å². The van der Waals surface area contributed by atoms with Crippen molar-refractivity contribution in [2.45, 2.75) is 0 Å². The summed E-state index contributed by atoms with van der Waals surface area (Å²) < 4.78 is 3.49. The zero-order valence-electron chi connectivity index (χ0n) is 18.6. The van der Waals surface area contributed by atoms with Crippen molar-refractivity contribution in [3.05, 3.63) is 122 Å². The molecule has 0 N–H and O–H groups in total. The molecule has 3 aromatic carbocycles. The number of benzene rings is 3. The van der Waals surface area contributed by atoms with Crippen LogP contribution in [0, 0.1) is 10.1 Å². The highest BCUT2D eigenvalue weighted by Gasteiger charge is 2.16. The molecule has 0 saturated heterocycles. The molecule has 6 aromatic rings. The lowest BCUT2D eigenvalue weighted by Gasteiger charge is -2.00. The number of nitrogens with zero attached hydrogens (tertiary/aromatic N) is 6. The van der Waals surface area contributed by atoms with Crippen LogP contribution in [-0.4, -0.2) is 29.3 Å².